The maximum atomic E-state index is 12.6. The van der Waals surface area contributed by atoms with Crippen molar-refractivity contribution in [3.05, 3.63) is 64.2 Å². The summed E-state index contributed by atoms with van der Waals surface area (Å²) in [6, 6.07) is 13.7. The van der Waals surface area contributed by atoms with Crippen LogP contribution >= 0.6 is 11.6 Å². The largest absolute Gasteiger partial charge is 0.482 e. The molecule has 3 rings (SSSR count). The number of carbonyl (C=O) groups excluding carboxylic acids is 1. The minimum atomic E-state index is -0.170. The van der Waals surface area contributed by atoms with Crippen molar-refractivity contribution in [2.45, 2.75) is 19.9 Å². The second-order valence-electron chi connectivity index (χ2n) is 7.17. The fourth-order valence-electron chi connectivity index (χ4n) is 3.18. The number of ether oxygens (including phenoxy) is 2. The lowest BCUT2D eigenvalue weighted by atomic mass is 10.0. The van der Waals surface area contributed by atoms with Gasteiger partial charge in [-0.2, -0.15) is 0 Å². The highest BCUT2D eigenvalue weighted by molar-refractivity contribution is 6.32. The number of hydrogen-bond acceptors (Lipinski definition) is 4. The lowest BCUT2D eigenvalue weighted by molar-refractivity contribution is -0.124. The van der Waals surface area contributed by atoms with Crippen molar-refractivity contribution in [1.82, 2.24) is 10.2 Å². The predicted molar refractivity (Wildman–Crippen MR) is 111 cm³/mol. The minimum absolute atomic E-state index is 0.0748. The maximum Gasteiger partial charge on any atom is 0.258 e. The fraction of sp³-hybridized carbons (Fsp3) is 0.409. The monoisotopic (exact) mass is 402 g/mol. The van der Waals surface area contributed by atoms with Crippen LogP contribution in [0.2, 0.25) is 5.02 Å². The van der Waals surface area contributed by atoms with Gasteiger partial charge >= 0.3 is 0 Å². The van der Waals surface area contributed by atoms with Gasteiger partial charge in [0.25, 0.3) is 5.91 Å². The van der Waals surface area contributed by atoms with Crippen LogP contribution < -0.4 is 10.1 Å². The first-order valence-electron chi connectivity index (χ1n) is 9.56. The van der Waals surface area contributed by atoms with Crippen LogP contribution in [0.5, 0.6) is 5.75 Å². The van der Waals surface area contributed by atoms with Gasteiger partial charge < -0.3 is 14.8 Å². The van der Waals surface area contributed by atoms with Gasteiger partial charge in [0.1, 0.15) is 5.75 Å². The smallest absolute Gasteiger partial charge is 0.258 e. The van der Waals surface area contributed by atoms with E-state index in [1.54, 1.807) is 6.07 Å². The average molecular weight is 403 g/mol. The molecule has 1 atom stereocenters. The molecule has 0 aliphatic carbocycles. The van der Waals surface area contributed by atoms with Crippen LogP contribution in [-0.4, -0.2) is 50.3 Å². The zero-order valence-corrected chi connectivity index (χ0v) is 17.2. The van der Waals surface area contributed by atoms with Crippen LogP contribution in [0.4, 0.5) is 0 Å². The second-order valence-corrected chi connectivity index (χ2v) is 7.57. The Balaban J connectivity index is 1.64. The molecule has 6 heteroatoms. The normalized spacial score (nSPS) is 15.8. The molecule has 1 fully saturated rings. The van der Waals surface area contributed by atoms with E-state index < -0.39 is 0 Å². The Labute approximate surface area is 171 Å². The van der Waals surface area contributed by atoms with Gasteiger partial charge in [-0.3, -0.25) is 9.69 Å². The summed E-state index contributed by atoms with van der Waals surface area (Å²) in [6.45, 7) is 7.87. The predicted octanol–water partition coefficient (Wildman–Crippen LogP) is 3.53. The van der Waals surface area contributed by atoms with Gasteiger partial charge in [0, 0.05) is 19.6 Å². The van der Waals surface area contributed by atoms with E-state index in [1.165, 1.54) is 5.56 Å². The van der Waals surface area contributed by atoms with E-state index in [9.17, 15) is 4.79 Å². The van der Waals surface area contributed by atoms with Crippen molar-refractivity contribution in [2.24, 2.45) is 0 Å². The zero-order chi connectivity index (χ0) is 19.9. The van der Waals surface area contributed by atoms with Crippen LogP contribution in [0.25, 0.3) is 0 Å². The number of rotatable bonds is 7. The Morgan fingerprint density at radius 2 is 1.82 bits per heavy atom. The highest BCUT2D eigenvalue weighted by atomic mass is 35.5. The molecular formula is C22H27ClN2O3. The number of benzene rings is 2. The molecule has 1 N–H and O–H groups in total. The van der Waals surface area contributed by atoms with E-state index >= 15 is 0 Å². The first-order chi connectivity index (χ1) is 13.5. The molecule has 150 valence electrons. The highest BCUT2D eigenvalue weighted by Crippen LogP contribution is 2.25. The lowest BCUT2D eigenvalue weighted by Crippen LogP contribution is -2.44. The van der Waals surface area contributed by atoms with Gasteiger partial charge in [0.2, 0.25) is 0 Å². The summed E-state index contributed by atoms with van der Waals surface area (Å²) in [5.41, 5.74) is 3.31. The quantitative estimate of drug-likeness (QED) is 0.769. The van der Waals surface area contributed by atoms with Gasteiger partial charge in [-0.25, -0.2) is 0 Å². The molecule has 2 aromatic carbocycles. The molecule has 2 aromatic rings. The van der Waals surface area contributed by atoms with Crippen LogP contribution in [0.15, 0.2) is 42.5 Å². The van der Waals surface area contributed by atoms with Crippen LogP contribution in [0, 0.1) is 13.8 Å². The van der Waals surface area contributed by atoms with E-state index in [1.807, 2.05) is 19.1 Å². The van der Waals surface area contributed by atoms with Gasteiger partial charge in [-0.05, 0) is 37.1 Å². The summed E-state index contributed by atoms with van der Waals surface area (Å²) >= 11 is 6.15. The molecular weight excluding hydrogens is 376 g/mol. The van der Waals surface area contributed by atoms with Crippen molar-refractivity contribution in [3.8, 4) is 5.75 Å². The number of hydrogen-bond donors (Lipinski definition) is 1. The fourth-order valence-corrected chi connectivity index (χ4v) is 3.35. The van der Waals surface area contributed by atoms with Crippen molar-refractivity contribution < 1.29 is 14.3 Å². The summed E-state index contributed by atoms with van der Waals surface area (Å²) in [5.74, 6) is 0.355. The Kier molecular flexibility index (Phi) is 7.31. The van der Waals surface area contributed by atoms with Gasteiger partial charge in [-0.15, -0.1) is 0 Å². The summed E-state index contributed by atoms with van der Waals surface area (Å²) < 4.78 is 11.1. The molecule has 0 bridgehead atoms. The Morgan fingerprint density at radius 3 is 2.54 bits per heavy atom. The third-order valence-electron chi connectivity index (χ3n) is 4.80. The first-order valence-corrected chi connectivity index (χ1v) is 9.94. The molecule has 0 radical (unpaired) electrons. The summed E-state index contributed by atoms with van der Waals surface area (Å²) in [5, 5.41) is 3.62. The topological polar surface area (TPSA) is 50.8 Å². The van der Waals surface area contributed by atoms with Crippen LogP contribution in [0.3, 0.4) is 0 Å². The number of nitrogens with zero attached hydrogens (tertiary/aromatic N) is 1. The van der Waals surface area contributed by atoms with E-state index in [4.69, 9.17) is 21.1 Å². The Hall–Kier alpha value is -2.08. The van der Waals surface area contributed by atoms with Gasteiger partial charge in [0.15, 0.2) is 6.61 Å². The summed E-state index contributed by atoms with van der Waals surface area (Å²) in [6.07, 6.45) is 0. The number of nitrogens with one attached hydrogen (secondary N) is 1. The minimum Gasteiger partial charge on any atom is -0.482 e. The molecule has 28 heavy (non-hydrogen) atoms. The molecule has 0 spiro atoms. The van der Waals surface area contributed by atoms with Gasteiger partial charge in [-0.1, -0.05) is 47.5 Å². The maximum absolute atomic E-state index is 12.6. The molecule has 0 saturated carbocycles. The van der Waals surface area contributed by atoms with E-state index in [0.29, 0.717) is 10.8 Å². The van der Waals surface area contributed by atoms with Crippen molar-refractivity contribution in [1.29, 1.82) is 0 Å². The SMILES string of the molecule is Cc1ccc([C@H](CN2CCOCC2)NC(=O)COc2cc(C)ccc2Cl)cc1. The lowest BCUT2D eigenvalue weighted by Gasteiger charge is -2.31. The van der Waals surface area contributed by atoms with Crippen LogP contribution in [-0.2, 0) is 9.53 Å². The number of halogens is 1. The Bertz CT molecular complexity index is 789. The molecule has 1 saturated heterocycles. The molecule has 1 amide bonds. The average Bonchev–Trinajstić information content (AvgIpc) is 2.69. The molecule has 1 aliphatic rings. The molecule has 1 aliphatic heterocycles. The zero-order valence-electron chi connectivity index (χ0n) is 16.4. The van der Waals surface area contributed by atoms with Crippen molar-refractivity contribution >= 4 is 17.5 Å². The number of amides is 1. The van der Waals surface area contributed by atoms with E-state index in [0.717, 1.165) is 44.0 Å². The number of carbonyl (C=O) groups is 1. The molecule has 0 aromatic heterocycles. The second kappa shape index (κ2) is 9.92. The van der Waals surface area contributed by atoms with E-state index in [-0.39, 0.29) is 18.6 Å². The summed E-state index contributed by atoms with van der Waals surface area (Å²) in [4.78, 5) is 14.9. The standard InChI is InChI=1S/C22H27ClN2O3/c1-16-3-6-18(7-4-16)20(14-25-9-11-27-12-10-25)24-22(26)15-28-21-13-17(2)5-8-19(21)23/h3-8,13,20H,9-12,14-15H2,1-2H3,(H,24,26)/t20-/m0/s1. The Morgan fingerprint density at radius 1 is 1.14 bits per heavy atom. The van der Waals surface area contributed by atoms with E-state index in [2.05, 4.69) is 41.4 Å². The van der Waals surface area contributed by atoms with Crippen molar-refractivity contribution in [2.75, 3.05) is 39.5 Å². The van der Waals surface area contributed by atoms with Crippen LogP contribution in [0.1, 0.15) is 22.7 Å². The van der Waals surface area contributed by atoms with Crippen molar-refractivity contribution in [3.63, 3.8) is 0 Å². The molecule has 1 heterocycles. The first kappa shape index (κ1) is 20.6. The number of aryl methyl sites for hydroxylation is 2. The highest BCUT2D eigenvalue weighted by Gasteiger charge is 2.20. The van der Waals surface area contributed by atoms with Gasteiger partial charge in [0.05, 0.1) is 24.3 Å². The molecule has 0 unspecified atom stereocenters. The molecule has 5 nitrogen and oxygen atoms in total. The third-order valence-corrected chi connectivity index (χ3v) is 5.12. The summed E-state index contributed by atoms with van der Waals surface area (Å²) in [7, 11) is 0. The third kappa shape index (κ3) is 5.96. The number of morpholine rings is 1.